The zero-order chi connectivity index (χ0) is 16.1. The number of pyridine rings is 1. The highest BCUT2D eigenvalue weighted by molar-refractivity contribution is 7.99. The number of hydrogen-bond acceptors (Lipinski definition) is 3. The summed E-state index contributed by atoms with van der Waals surface area (Å²) in [5.74, 6) is 0. The molecule has 0 N–H and O–H groups in total. The molecule has 23 heavy (non-hydrogen) atoms. The molecule has 0 saturated carbocycles. The summed E-state index contributed by atoms with van der Waals surface area (Å²) in [6.45, 7) is 6.70. The van der Waals surface area contributed by atoms with Crippen molar-refractivity contribution in [3.8, 4) is 0 Å². The topological polar surface area (TPSA) is 16.1 Å². The van der Waals surface area contributed by atoms with E-state index < -0.39 is 0 Å². The summed E-state index contributed by atoms with van der Waals surface area (Å²) >= 11 is 1.89. The van der Waals surface area contributed by atoms with Gasteiger partial charge in [-0.2, -0.15) is 0 Å². The van der Waals surface area contributed by atoms with E-state index in [-0.39, 0.29) is 0 Å². The highest BCUT2D eigenvalue weighted by atomic mass is 32.2. The predicted molar refractivity (Wildman–Crippen MR) is 98.7 cm³/mol. The van der Waals surface area contributed by atoms with Gasteiger partial charge >= 0.3 is 0 Å². The SMILES string of the molecule is CC(C)Sc1ncccc1C1CCCCN1Cc1ccccc1. The van der Waals surface area contributed by atoms with Gasteiger partial charge in [0.1, 0.15) is 5.03 Å². The maximum atomic E-state index is 4.67. The lowest BCUT2D eigenvalue weighted by molar-refractivity contribution is 0.138. The van der Waals surface area contributed by atoms with E-state index in [1.807, 2.05) is 18.0 Å². The maximum absolute atomic E-state index is 4.67. The number of benzene rings is 1. The molecule has 1 aromatic carbocycles. The van der Waals surface area contributed by atoms with Gasteiger partial charge in [-0.25, -0.2) is 4.98 Å². The van der Waals surface area contributed by atoms with E-state index in [0.717, 1.165) is 6.54 Å². The first kappa shape index (κ1) is 16.5. The first-order chi connectivity index (χ1) is 11.2. The van der Waals surface area contributed by atoms with Gasteiger partial charge in [0.2, 0.25) is 0 Å². The summed E-state index contributed by atoms with van der Waals surface area (Å²) in [5.41, 5.74) is 2.82. The van der Waals surface area contributed by atoms with Crippen LogP contribution in [0.2, 0.25) is 0 Å². The van der Waals surface area contributed by atoms with Gasteiger partial charge in [0.15, 0.2) is 0 Å². The summed E-state index contributed by atoms with van der Waals surface area (Å²) in [6.07, 6.45) is 5.79. The van der Waals surface area contributed by atoms with Gasteiger partial charge in [-0.1, -0.05) is 56.7 Å². The summed E-state index contributed by atoms with van der Waals surface area (Å²) < 4.78 is 0. The molecule has 1 aromatic heterocycles. The molecule has 2 aromatic rings. The normalized spacial score (nSPS) is 19.2. The Bertz CT molecular complexity index is 612. The van der Waals surface area contributed by atoms with Crippen molar-refractivity contribution in [3.63, 3.8) is 0 Å². The number of piperidine rings is 1. The van der Waals surface area contributed by atoms with E-state index in [4.69, 9.17) is 0 Å². The standard InChI is InChI=1S/C20H26N2S/c1-16(2)23-20-18(11-8-13-21-20)19-12-6-7-14-22(19)15-17-9-4-3-5-10-17/h3-5,8-11,13,16,19H,6-7,12,14-15H2,1-2H3. The van der Waals surface area contributed by atoms with Crippen LogP contribution in [0, 0.1) is 0 Å². The van der Waals surface area contributed by atoms with Crippen LogP contribution in [0.4, 0.5) is 0 Å². The van der Waals surface area contributed by atoms with Crippen LogP contribution in [-0.2, 0) is 6.54 Å². The van der Waals surface area contributed by atoms with E-state index in [9.17, 15) is 0 Å². The molecule has 2 nitrogen and oxygen atoms in total. The molecule has 2 heterocycles. The molecule has 1 fully saturated rings. The average molecular weight is 327 g/mol. The van der Waals surface area contributed by atoms with Crippen LogP contribution < -0.4 is 0 Å². The second kappa shape index (κ2) is 7.98. The zero-order valence-corrected chi connectivity index (χ0v) is 14.9. The van der Waals surface area contributed by atoms with Gasteiger partial charge in [-0.05, 0) is 31.0 Å². The van der Waals surface area contributed by atoms with Crippen molar-refractivity contribution in [2.45, 2.75) is 56.0 Å². The number of hydrogen-bond donors (Lipinski definition) is 0. The van der Waals surface area contributed by atoms with Gasteiger partial charge in [-0.15, -0.1) is 11.8 Å². The first-order valence-corrected chi connectivity index (χ1v) is 9.51. The monoisotopic (exact) mass is 326 g/mol. The molecule has 1 aliphatic rings. The molecular formula is C20H26N2S. The molecule has 122 valence electrons. The molecule has 0 spiro atoms. The van der Waals surface area contributed by atoms with E-state index in [2.05, 4.69) is 66.2 Å². The van der Waals surface area contributed by atoms with Gasteiger partial charge in [-0.3, -0.25) is 4.90 Å². The molecule has 0 amide bonds. The van der Waals surface area contributed by atoms with E-state index >= 15 is 0 Å². The van der Waals surface area contributed by atoms with Crippen molar-refractivity contribution in [3.05, 3.63) is 59.8 Å². The van der Waals surface area contributed by atoms with Crippen molar-refractivity contribution < 1.29 is 0 Å². The predicted octanol–water partition coefficient (Wildman–Crippen LogP) is 5.31. The Balaban J connectivity index is 1.84. The molecule has 0 bridgehead atoms. The third-order valence-electron chi connectivity index (χ3n) is 4.35. The molecule has 3 rings (SSSR count). The lowest BCUT2D eigenvalue weighted by Crippen LogP contribution is -2.33. The Kier molecular flexibility index (Phi) is 5.74. The molecule has 3 heteroatoms. The Hall–Kier alpha value is -1.32. The number of rotatable bonds is 5. The highest BCUT2D eigenvalue weighted by Crippen LogP contribution is 2.37. The minimum atomic E-state index is 0.499. The van der Waals surface area contributed by atoms with Crippen molar-refractivity contribution in [2.75, 3.05) is 6.54 Å². The third-order valence-corrected chi connectivity index (χ3v) is 5.38. The summed E-state index contributed by atoms with van der Waals surface area (Å²) in [6, 6.07) is 15.7. The number of aromatic nitrogens is 1. The van der Waals surface area contributed by atoms with Crippen LogP contribution in [0.25, 0.3) is 0 Å². The second-order valence-electron chi connectivity index (χ2n) is 6.53. The minimum absolute atomic E-state index is 0.499. The van der Waals surface area contributed by atoms with Gasteiger partial charge < -0.3 is 0 Å². The molecule has 0 radical (unpaired) electrons. The molecule has 0 aliphatic carbocycles. The van der Waals surface area contributed by atoms with Gasteiger partial charge in [0, 0.05) is 29.6 Å². The smallest absolute Gasteiger partial charge is 0.101 e. The van der Waals surface area contributed by atoms with Crippen LogP contribution in [0.5, 0.6) is 0 Å². The average Bonchev–Trinajstić information content (AvgIpc) is 2.56. The number of nitrogens with zero attached hydrogens (tertiary/aromatic N) is 2. The number of thioether (sulfide) groups is 1. The fourth-order valence-electron chi connectivity index (χ4n) is 3.33. The largest absolute Gasteiger partial charge is 0.292 e. The zero-order valence-electron chi connectivity index (χ0n) is 14.1. The van der Waals surface area contributed by atoms with Gasteiger partial charge in [0.25, 0.3) is 0 Å². The Labute approximate surface area is 144 Å². The lowest BCUT2D eigenvalue weighted by Gasteiger charge is -2.36. The van der Waals surface area contributed by atoms with Crippen LogP contribution in [0.1, 0.15) is 50.3 Å². The minimum Gasteiger partial charge on any atom is -0.292 e. The van der Waals surface area contributed by atoms with Crippen molar-refractivity contribution in [1.82, 2.24) is 9.88 Å². The van der Waals surface area contributed by atoms with Gasteiger partial charge in [0.05, 0.1) is 0 Å². The maximum Gasteiger partial charge on any atom is 0.101 e. The summed E-state index contributed by atoms with van der Waals surface area (Å²) in [5, 5.41) is 1.78. The fraction of sp³-hybridized carbons (Fsp3) is 0.450. The fourth-order valence-corrected chi connectivity index (χ4v) is 4.24. The van der Waals surface area contributed by atoms with Crippen LogP contribution in [0.15, 0.2) is 53.7 Å². The Morgan fingerprint density at radius 3 is 2.74 bits per heavy atom. The van der Waals surface area contributed by atoms with Crippen LogP contribution >= 0.6 is 11.8 Å². The highest BCUT2D eigenvalue weighted by Gasteiger charge is 2.26. The summed E-state index contributed by atoms with van der Waals surface area (Å²) in [7, 11) is 0. The Morgan fingerprint density at radius 1 is 1.13 bits per heavy atom. The molecule has 1 aliphatic heterocycles. The molecular weight excluding hydrogens is 300 g/mol. The Morgan fingerprint density at radius 2 is 1.96 bits per heavy atom. The quantitative estimate of drug-likeness (QED) is 0.693. The van der Waals surface area contributed by atoms with Crippen LogP contribution in [-0.4, -0.2) is 21.7 Å². The van der Waals surface area contributed by atoms with E-state index in [0.29, 0.717) is 11.3 Å². The lowest BCUT2D eigenvalue weighted by atomic mass is 9.95. The van der Waals surface area contributed by atoms with E-state index in [1.54, 1.807) is 0 Å². The molecule has 1 saturated heterocycles. The van der Waals surface area contributed by atoms with Crippen molar-refractivity contribution >= 4 is 11.8 Å². The third kappa shape index (κ3) is 4.36. The van der Waals surface area contributed by atoms with E-state index in [1.165, 1.54) is 42.0 Å². The van der Waals surface area contributed by atoms with Crippen molar-refractivity contribution in [2.24, 2.45) is 0 Å². The first-order valence-electron chi connectivity index (χ1n) is 8.63. The van der Waals surface area contributed by atoms with Crippen molar-refractivity contribution in [1.29, 1.82) is 0 Å². The molecule has 1 atom stereocenters. The van der Waals surface area contributed by atoms with Crippen LogP contribution in [0.3, 0.4) is 0 Å². The number of likely N-dealkylation sites (tertiary alicyclic amines) is 1. The second-order valence-corrected chi connectivity index (χ2v) is 8.10. The summed E-state index contributed by atoms with van der Waals surface area (Å²) in [4.78, 5) is 7.31. The molecule has 1 unspecified atom stereocenters.